The van der Waals surface area contributed by atoms with Gasteiger partial charge in [0.25, 0.3) is 15.9 Å². The summed E-state index contributed by atoms with van der Waals surface area (Å²) in [6.07, 6.45) is 0. The highest BCUT2D eigenvalue weighted by Gasteiger charge is 2.18. The smallest absolute Gasteiger partial charge is 0.261 e. The van der Waals surface area contributed by atoms with Crippen molar-refractivity contribution in [1.82, 2.24) is 0 Å². The summed E-state index contributed by atoms with van der Waals surface area (Å²) in [7, 11) is -3.76. The molecule has 0 saturated heterocycles. The average molecular weight is 468 g/mol. The molecule has 0 aromatic heterocycles. The minimum Gasteiger partial charge on any atom is -0.324 e. The summed E-state index contributed by atoms with van der Waals surface area (Å²) in [5.41, 5.74) is 4.01. The van der Waals surface area contributed by atoms with E-state index in [9.17, 15) is 18.0 Å². The van der Waals surface area contributed by atoms with Crippen LogP contribution in [0, 0.1) is 13.8 Å². The Hall–Kier alpha value is -3.30. The van der Waals surface area contributed by atoms with Crippen LogP contribution < -0.4 is 15.4 Å². The largest absolute Gasteiger partial charge is 0.324 e. The highest BCUT2D eigenvalue weighted by molar-refractivity contribution is 8.00. The molecule has 0 atom stereocenters. The highest BCUT2D eigenvalue weighted by Crippen LogP contribution is 2.32. The number of anilines is 3. The Balaban J connectivity index is 1.46. The van der Waals surface area contributed by atoms with Gasteiger partial charge >= 0.3 is 0 Å². The van der Waals surface area contributed by atoms with Crippen LogP contribution in [0.15, 0.2) is 70.5 Å². The molecule has 0 spiro atoms. The molecule has 4 rings (SSSR count). The summed E-state index contributed by atoms with van der Waals surface area (Å²) in [6, 6.07) is 16.4. The molecular formula is C23H21N3O4S2. The lowest BCUT2D eigenvalue weighted by Crippen LogP contribution is -2.20. The maximum absolute atomic E-state index is 12.7. The summed E-state index contributed by atoms with van der Waals surface area (Å²) in [5, 5.41) is 5.50. The van der Waals surface area contributed by atoms with Crippen molar-refractivity contribution in [2.45, 2.75) is 23.6 Å². The van der Waals surface area contributed by atoms with Gasteiger partial charge in [-0.1, -0.05) is 6.07 Å². The second-order valence-corrected chi connectivity index (χ2v) is 10.1. The zero-order valence-corrected chi connectivity index (χ0v) is 19.1. The van der Waals surface area contributed by atoms with Gasteiger partial charge in [0.05, 0.1) is 16.3 Å². The van der Waals surface area contributed by atoms with E-state index in [1.165, 1.54) is 36.0 Å². The van der Waals surface area contributed by atoms with Gasteiger partial charge in [0.1, 0.15) is 0 Å². The van der Waals surface area contributed by atoms with Crippen molar-refractivity contribution in [2.24, 2.45) is 0 Å². The molecule has 0 radical (unpaired) electrons. The summed E-state index contributed by atoms with van der Waals surface area (Å²) in [6.45, 7) is 3.87. The van der Waals surface area contributed by atoms with Crippen molar-refractivity contribution in [3.8, 4) is 0 Å². The van der Waals surface area contributed by atoms with Crippen LogP contribution in [0.25, 0.3) is 0 Å². The van der Waals surface area contributed by atoms with Crippen LogP contribution in [-0.4, -0.2) is 26.0 Å². The number of hydrogen-bond acceptors (Lipinski definition) is 5. The van der Waals surface area contributed by atoms with Gasteiger partial charge in [-0.25, -0.2) is 8.42 Å². The van der Waals surface area contributed by atoms with E-state index in [2.05, 4.69) is 15.4 Å². The van der Waals surface area contributed by atoms with Crippen molar-refractivity contribution in [3.05, 3.63) is 77.4 Å². The third kappa shape index (κ3) is 4.79. The third-order valence-electron chi connectivity index (χ3n) is 5.06. The molecule has 9 heteroatoms. The zero-order chi connectivity index (χ0) is 22.9. The first-order chi connectivity index (χ1) is 15.2. The average Bonchev–Trinajstić information content (AvgIpc) is 2.76. The molecule has 0 bridgehead atoms. The number of amides is 2. The lowest BCUT2D eigenvalue weighted by atomic mass is 10.1. The van der Waals surface area contributed by atoms with Crippen LogP contribution in [0.3, 0.4) is 0 Å². The van der Waals surface area contributed by atoms with Crippen LogP contribution in [0.4, 0.5) is 17.1 Å². The van der Waals surface area contributed by atoms with Crippen molar-refractivity contribution >= 4 is 50.7 Å². The minimum absolute atomic E-state index is 0.0854. The number of thioether (sulfide) groups is 1. The van der Waals surface area contributed by atoms with E-state index in [4.69, 9.17) is 0 Å². The topological polar surface area (TPSA) is 104 Å². The number of fused-ring (bicyclic) bond motifs is 1. The monoisotopic (exact) mass is 467 g/mol. The molecule has 1 aliphatic rings. The predicted octanol–water partition coefficient (Wildman–Crippen LogP) is 4.40. The number of benzene rings is 3. The fraction of sp³-hybridized carbons (Fsp3) is 0.130. The number of sulfonamides is 1. The predicted molar refractivity (Wildman–Crippen MR) is 127 cm³/mol. The number of rotatable bonds is 5. The normalized spacial score (nSPS) is 13.1. The number of hydrogen-bond donors (Lipinski definition) is 3. The SMILES string of the molecule is Cc1ccc(NS(=O)(=O)c2ccc(NC(=O)c3ccc4c(c3)NC(=O)CS4)cc2)cc1C. The van der Waals surface area contributed by atoms with Crippen LogP contribution in [0.1, 0.15) is 21.5 Å². The lowest BCUT2D eigenvalue weighted by molar-refractivity contribution is -0.113. The van der Waals surface area contributed by atoms with Crippen LogP contribution in [0.5, 0.6) is 0 Å². The van der Waals surface area contributed by atoms with Crippen molar-refractivity contribution < 1.29 is 18.0 Å². The van der Waals surface area contributed by atoms with Gasteiger partial charge in [0, 0.05) is 21.8 Å². The quantitative estimate of drug-likeness (QED) is 0.516. The summed E-state index contributed by atoms with van der Waals surface area (Å²) >= 11 is 1.42. The van der Waals surface area contributed by atoms with Gasteiger partial charge < -0.3 is 10.6 Å². The van der Waals surface area contributed by atoms with E-state index in [0.717, 1.165) is 16.0 Å². The van der Waals surface area contributed by atoms with Gasteiger partial charge in [-0.05, 0) is 79.6 Å². The van der Waals surface area contributed by atoms with Crippen molar-refractivity contribution in [3.63, 3.8) is 0 Å². The zero-order valence-electron chi connectivity index (χ0n) is 17.4. The fourth-order valence-electron chi connectivity index (χ4n) is 3.16. The Bertz CT molecular complexity index is 1320. The highest BCUT2D eigenvalue weighted by atomic mass is 32.2. The molecule has 1 heterocycles. The first-order valence-corrected chi connectivity index (χ1v) is 12.3. The Morgan fingerprint density at radius 3 is 2.38 bits per heavy atom. The molecule has 0 unspecified atom stereocenters. The van der Waals surface area contributed by atoms with E-state index in [-0.39, 0.29) is 16.7 Å². The molecule has 3 aromatic rings. The number of nitrogens with one attached hydrogen (secondary N) is 3. The van der Waals surface area contributed by atoms with E-state index < -0.39 is 10.0 Å². The molecule has 0 fully saturated rings. The van der Waals surface area contributed by atoms with E-state index >= 15 is 0 Å². The molecule has 0 saturated carbocycles. The van der Waals surface area contributed by atoms with Gasteiger partial charge in [-0.3, -0.25) is 14.3 Å². The first-order valence-electron chi connectivity index (χ1n) is 9.79. The molecular weight excluding hydrogens is 446 g/mol. The number of carbonyl (C=O) groups excluding carboxylic acids is 2. The lowest BCUT2D eigenvalue weighted by Gasteiger charge is -2.17. The van der Waals surface area contributed by atoms with Gasteiger partial charge in [0.2, 0.25) is 5.91 Å². The summed E-state index contributed by atoms with van der Waals surface area (Å²) < 4.78 is 27.9. The molecule has 3 aromatic carbocycles. The van der Waals surface area contributed by atoms with Gasteiger partial charge in [-0.2, -0.15) is 0 Å². The molecule has 164 valence electrons. The van der Waals surface area contributed by atoms with Crippen molar-refractivity contribution in [2.75, 3.05) is 21.1 Å². The van der Waals surface area contributed by atoms with E-state index in [1.54, 1.807) is 30.3 Å². The first kappa shape index (κ1) is 21.9. The van der Waals surface area contributed by atoms with Crippen LogP contribution >= 0.6 is 11.8 Å². The molecule has 32 heavy (non-hydrogen) atoms. The van der Waals surface area contributed by atoms with E-state index in [0.29, 0.717) is 28.4 Å². The van der Waals surface area contributed by atoms with Gasteiger partial charge in [-0.15, -0.1) is 11.8 Å². The molecule has 7 nitrogen and oxygen atoms in total. The van der Waals surface area contributed by atoms with E-state index in [1.807, 2.05) is 19.9 Å². The standard InChI is InChI=1S/C23H21N3O4S2/c1-14-3-5-18(11-15(14)2)26-32(29,30)19-8-6-17(7-9-19)24-23(28)16-4-10-21-20(12-16)25-22(27)13-31-21/h3-12,26H,13H2,1-2H3,(H,24,28)(H,25,27). The van der Waals surface area contributed by atoms with Crippen LogP contribution in [0.2, 0.25) is 0 Å². The Labute approximate surface area is 190 Å². The third-order valence-corrected chi connectivity index (χ3v) is 7.53. The van der Waals surface area contributed by atoms with Crippen LogP contribution in [-0.2, 0) is 14.8 Å². The van der Waals surface area contributed by atoms with Crippen molar-refractivity contribution in [1.29, 1.82) is 0 Å². The molecule has 2 amide bonds. The number of carbonyl (C=O) groups is 2. The number of aryl methyl sites for hydroxylation is 2. The molecule has 0 aliphatic carbocycles. The second-order valence-electron chi connectivity index (χ2n) is 7.43. The Kier molecular flexibility index (Phi) is 5.94. The minimum atomic E-state index is -3.76. The fourth-order valence-corrected chi connectivity index (χ4v) is 5.00. The Morgan fingerprint density at radius 2 is 1.66 bits per heavy atom. The maximum atomic E-state index is 12.7. The summed E-state index contributed by atoms with van der Waals surface area (Å²) in [4.78, 5) is 25.2. The van der Waals surface area contributed by atoms with Gasteiger partial charge in [0.15, 0.2) is 0 Å². The Morgan fingerprint density at radius 1 is 0.938 bits per heavy atom. The maximum Gasteiger partial charge on any atom is 0.261 e. The summed E-state index contributed by atoms with van der Waals surface area (Å²) in [5.74, 6) is -0.112. The molecule has 1 aliphatic heterocycles. The molecule has 3 N–H and O–H groups in total. The second kappa shape index (κ2) is 8.68.